The number of hydrogen-bond acceptors (Lipinski definition) is 5. The standard InChI is InChI=1S/C19H27FN6O3/c1-21-18(22-5-6-26-17(27)12-23-19(26)28)25-9-7-24(8-10-25)13-14-3-4-16(29-2)15(20)11-14/h3-4,11H,5-10,12-13H2,1-2H3,(H,21,22)(H,23,28). The van der Waals surface area contributed by atoms with Gasteiger partial charge < -0.3 is 20.3 Å². The highest BCUT2D eigenvalue weighted by Gasteiger charge is 2.28. The number of amides is 3. The van der Waals surface area contributed by atoms with Crippen LogP contribution in [0.3, 0.4) is 0 Å². The van der Waals surface area contributed by atoms with E-state index < -0.39 is 0 Å². The number of nitrogens with zero attached hydrogens (tertiary/aromatic N) is 4. The number of aliphatic imine (C=N–C) groups is 1. The molecule has 9 nitrogen and oxygen atoms in total. The number of guanidine groups is 1. The summed E-state index contributed by atoms with van der Waals surface area (Å²) in [5.41, 5.74) is 0.910. The molecule has 2 N–H and O–H groups in total. The van der Waals surface area contributed by atoms with Gasteiger partial charge in [0, 0.05) is 52.9 Å². The Morgan fingerprint density at radius 3 is 2.62 bits per heavy atom. The van der Waals surface area contributed by atoms with Gasteiger partial charge in [0.1, 0.15) is 0 Å². The van der Waals surface area contributed by atoms with Gasteiger partial charge >= 0.3 is 6.03 Å². The van der Waals surface area contributed by atoms with E-state index in [2.05, 4.69) is 25.4 Å². The Morgan fingerprint density at radius 2 is 2.03 bits per heavy atom. The Hall–Kier alpha value is -2.88. The smallest absolute Gasteiger partial charge is 0.324 e. The van der Waals surface area contributed by atoms with E-state index in [4.69, 9.17) is 4.74 Å². The molecule has 0 saturated carbocycles. The number of ether oxygens (including phenoxy) is 1. The third-order valence-electron chi connectivity index (χ3n) is 5.06. The van der Waals surface area contributed by atoms with E-state index in [0.29, 0.717) is 19.6 Å². The molecular weight excluding hydrogens is 379 g/mol. The van der Waals surface area contributed by atoms with Gasteiger partial charge in [0.2, 0.25) is 5.91 Å². The molecule has 1 aromatic carbocycles. The molecule has 0 bridgehead atoms. The fourth-order valence-electron chi connectivity index (χ4n) is 3.48. The molecule has 0 atom stereocenters. The lowest BCUT2D eigenvalue weighted by atomic mass is 10.2. The number of urea groups is 1. The van der Waals surface area contributed by atoms with Crippen LogP contribution < -0.4 is 15.4 Å². The lowest BCUT2D eigenvalue weighted by Gasteiger charge is -2.36. The van der Waals surface area contributed by atoms with Crippen molar-refractivity contribution in [2.45, 2.75) is 6.54 Å². The van der Waals surface area contributed by atoms with Crippen LogP contribution in [0.2, 0.25) is 0 Å². The van der Waals surface area contributed by atoms with Crippen LogP contribution in [-0.4, -0.2) is 92.6 Å². The van der Waals surface area contributed by atoms with Gasteiger partial charge in [0.15, 0.2) is 17.5 Å². The molecular formula is C19H27FN6O3. The molecule has 3 rings (SSSR count). The topological polar surface area (TPSA) is 89.5 Å². The molecule has 0 aliphatic carbocycles. The lowest BCUT2D eigenvalue weighted by molar-refractivity contribution is -0.124. The monoisotopic (exact) mass is 406 g/mol. The van der Waals surface area contributed by atoms with Gasteiger partial charge in [-0.05, 0) is 17.7 Å². The SMILES string of the molecule is CN=C(NCCN1C(=O)CNC1=O)N1CCN(Cc2ccc(OC)c(F)c2)CC1. The third kappa shape index (κ3) is 5.14. The first-order valence-electron chi connectivity index (χ1n) is 9.60. The van der Waals surface area contributed by atoms with Crippen LogP contribution in [0.25, 0.3) is 0 Å². The van der Waals surface area contributed by atoms with Crippen molar-refractivity contribution < 1.29 is 18.7 Å². The second-order valence-corrected chi connectivity index (χ2v) is 6.91. The van der Waals surface area contributed by atoms with Crippen molar-refractivity contribution in [2.24, 2.45) is 4.99 Å². The summed E-state index contributed by atoms with van der Waals surface area (Å²) in [6.07, 6.45) is 0. The molecule has 0 aromatic heterocycles. The second kappa shape index (κ2) is 9.55. The average molecular weight is 406 g/mol. The van der Waals surface area contributed by atoms with Crippen LogP contribution in [0.5, 0.6) is 5.75 Å². The summed E-state index contributed by atoms with van der Waals surface area (Å²) in [6.45, 7) is 4.68. The summed E-state index contributed by atoms with van der Waals surface area (Å²) in [6, 6.07) is 4.69. The average Bonchev–Trinajstić information content (AvgIpc) is 3.04. The highest BCUT2D eigenvalue weighted by Crippen LogP contribution is 2.19. The first-order chi connectivity index (χ1) is 14.0. The number of nitrogens with one attached hydrogen (secondary N) is 2. The van der Waals surface area contributed by atoms with Gasteiger partial charge in [-0.15, -0.1) is 0 Å². The molecule has 158 valence electrons. The lowest BCUT2D eigenvalue weighted by Crippen LogP contribution is -2.53. The molecule has 0 spiro atoms. The fraction of sp³-hybridized carbons (Fsp3) is 0.526. The van der Waals surface area contributed by atoms with Crippen molar-refractivity contribution in [3.63, 3.8) is 0 Å². The van der Waals surface area contributed by atoms with Gasteiger partial charge in [-0.25, -0.2) is 9.18 Å². The Bertz CT molecular complexity index is 763. The number of carbonyl (C=O) groups is 2. The molecule has 2 heterocycles. The van der Waals surface area contributed by atoms with Crippen molar-refractivity contribution in [3.05, 3.63) is 29.6 Å². The van der Waals surface area contributed by atoms with Gasteiger partial charge in [-0.1, -0.05) is 6.07 Å². The minimum Gasteiger partial charge on any atom is -0.494 e. The highest BCUT2D eigenvalue weighted by atomic mass is 19.1. The Morgan fingerprint density at radius 1 is 1.28 bits per heavy atom. The van der Waals surface area contributed by atoms with Crippen molar-refractivity contribution in [3.8, 4) is 5.75 Å². The molecule has 29 heavy (non-hydrogen) atoms. The minimum atomic E-state index is -0.352. The number of methoxy groups -OCH3 is 1. The van der Waals surface area contributed by atoms with Crippen LogP contribution in [-0.2, 0) is 11.3 Å². The molecule has 2 fully saturated rings. The maximum atomic E-state index is 13.9. The first kappa shape index (κ1) is 20.8. The predicted octanol–water partition coefficient (Wildman–Crippen LogP) is 0.0791. The molecule has 2 saturated heterocycles. The normalized spacial score (nSPS) is 18.2. The van der Waals surface area contributed by atoms with E-state index in [-0.39, 0.29) is 30.0 Å². The molecule has 3 amide bonds. The van der Waals surface area contributed by atoms with Gasteiger partial charge in [-0.3, -0.25) is 19.6 Å². The quantitative estimate of drug-likeness (QED) is 0.395. The summed E-state index contributed by atoms with van der Waals surface area (Å²) >= 11 is 0. The van der Waals surface area contributed by atoms with Crippen LogP contribution in [0, 0.1) is 5.82 Å². The molecule has 2 aliphatic heterocycles. The molecule has 10 heteroatoms. The van der Waals surface area contributed by atoms with Crippen molar-refractivity contribution >= 4 is 17.9 Å². The van der Waals surface area contributed by atoms with E-state index in [1.165, 1.54) is 18.1 Å². The van der Waals surface area contributed by atoms with Crippen LogP contribution in [0.4, 0.5) is 9.18 Å². The molecule has 0 unspecified atom stereocenters. The largest absolute Gasteiger partial charge is 0.494 e. The van der Waals surface area contributed by atoms with E-state index in [1.54, 1.807) is 13.1 Å². The van der Waals surface area contributed by atoms with E-state index in [9.17, 15) is 14.0 Å². The Labute approximate surface area is 169 Å². The zero-order valence-electron chi connectivity index (χ0n) is 16.8. The number of halogens is 1. The number of imide groups is 1. The number of benzene rings is 1. The summed E-state index contributed by atoms with van der Waals surface area (Å²) in [7, 11) is 3.17. The van der Waals surface area contributed by atoms with E-state index in [0.717, 1.165) is 37.7 Å². The summed E-state index contributed by atoms with van der Waals surface area (Å²) in [5.74, 6) is 0.433. The predicted molar refractivity (Wildman–Crippen MR) is 106 cm³/mol. The van der Waals surface area contributed by atoms with E-state index in [1.807, 2.05) is 6.07 Å². The molecule has 0 radical (unpaired) electrons. The maximum Gasteiger partial charge on any atom is 0.324 e. The van der Waals surface area contributed by atoms with Crippen molar-refractivity contribution in [1.29, 1.82) is 0 Å². The first-order valence-corrected chi connectivity index (χ1v) is 9.60. The maximum absolute atomic E-state index is 13.9. The van der Waals surface area contributed by atoms with Gasteiger partial charge in [-0.2, -0.15) is 0 Å². The number of hydrogen-bond donors (Lipinski definition) is 2. The van der Waals surface area contributed by atoms with Crippen molar-refractivity contribution in [1.82, 2.24) is 25.3 Å². The van der Waals surface area contributed by atoms with Crippen LogP contribution in [0.15, 0.2) is 23.2 Å². The second-order valence-electron chi connectivity index (χ2n) is 6.91. The molecule has 1 aromatic rings. The summed E-state index contributed by atoms with van der Waals surface area (Å²) in [4.78, 5) is 33.1. The van der Waals surface area contributed by atoms with Gasteiger partial charge in [0.25, 0.3) is 0 Å². The number of piperazine rings is 1. The highest BCUT2D eigenvalue weighted by molar-refractivity contribution is 6.01. The zero-order valence-corrected chi connectivity index (χ0v) is 16.8. The Kier molecular flexibility index (Phi) is 6.86. The minimum absolute atomic E-state index is 0.0631. The zero-order chi connectivity index (χ0) is 20.8. The van der Waals surface area contributed by atoms with E-state index >= 15 is 0 Å². The number of rotatable bonds is 6. The summed E-state index contributed by atoms with van der Waals surface area (Å²) < 4.78 is 18.8. The van der Waals surface area contributed by atoms with Crippen LogP contribution >= 0.6 is 0 Å². The molecule has 2 aliphatic rings. The summed E-state index contributed by atoms with van der Waals surface area (Å²) in [5, 5.41) is 5.71. The van der Waals surface area contributed by atoms with Crippen LogP contribution in [0.1, 0.15) is 5.56 Å². The Balaban J connectivity index is 1.44. The van der Waals surface area contributed by atoms with Gasteiger partial charge in [0.05, 0.1) is 13.7 Å². The fourth-order valence-corrected chi connectivity index (χ4v) is 3.48. The third-order valence-corrected chi connectivity index (χ3v) is 5.06. The number of carbonyl (C=O) groups excluding carboxylic acids is 2. The van der Waals surface area contributed by atoms with Crippen molar-refractivity contribution in [2.75, 3.05) is 60.0 Å².